The van der Waals surface area contributed by atoms with E-state index in [-0.39, 0.29) is 17.9 Å². The molecule has 2 rings (SSSR count). The van der Waals surface area contributed by atoms with Crippen LogP contribution >= 0.6 is 0 Å². The van der Waals surface area contributed by atoms with Crippen molar-refractivity contribution < 1.29 is 14.3 Å². The van der Waals surface area contributed by atoms with Gasteiger partial charge in [0.15, 0.2) is 0 Å². The molecule has 1 aromatic rings. The molecule has 2 atom stereocenters. The van der Waals surface area contributed by atoms with Crippen LogP contribution in [0.1, 0.15) is 38.6 Å². The Hall–Kier alpha value is -2.05. The zero-order valence-electron chi connectivity index (χ0n) is 12.6. The van der Waals surface area contributed by atoms with Gasteiger partial charge in [-0.05, 0) is 18.8 Å². The van der Waals surface area contributed by atoms with Gasteiger partial charge in [0.1, 0.15) is 11.9 Å². The lowest BCUT2D eigenvalue weighted by Gasteiger charge is -2.29. The van der Waals surface area contributed by atoms with Crippen LogP contribution in [0.5, 0.6) is 0 Å². The molecule has 1 aliphatic heterocycles. The minimum Gasteiger partial charge on any atom is -0.453 e. The molecule has 1 aromatic heterocycles. The Morgan fingerprint density at radius 1 is 1.52 bits per heavy atom. The fourth-order valence-corrected chi connectivity index (χ4v) is 2.65. The van der Waals surface area contributed by atoms with Crippen molar-refractivity contribution in [3.05, 3.63) is 18.2 Å². The molecule has 7 nitrogen and oxygen atoms in total. The van der Waals surface area contributed by atoms with E-state index in [1.807, 2.05) is 13.8 Å². The molecule has 1 fully saturated rings. The van der Waals surface area contributed by atoms with Crippen molar-refractivity contribution in [2.24, 2.45) is 5.92 Å². The van der Waals surface area contributed by atoms with Crippen molar-refractivity contribution in [1.29, 1.82) is 0 Å². The minimum absolute atomic E-state index is 0.0190. The number of hydrogen-bond acceptors (Lipinski definition) is 4. The third kappa shape index (κ3) is 3.34. The van der Waals surface area contributed by atoms with E-state index in [1.54, 1.807) is 17.3 Å². The van der Waals surface area contributed by atoms with E-state index in [1.165, 1.54) is 7.11 Å². The van der Waals surface area contributed by atoms with Crippen LogP contribution in [-0.2, 0) is 9.53 Å². The average Bonchev–Trinajstić information content (AvgIpc) is 3.12. The summed E-state index contributed by atoms with van der Waals surface area (Å²) in [5.41, 5.74) is 0. The third-order valence-corrected chi connectivity index (χ3v) is 3.76. The SMILES string of the molecule is COC(=O)NC(C(=O)N1CCCC1c1ncc[nH]1)C(C)C. The van der Waals surface area contributed by atoms with E-state index in [4.69, 9.17) is 0 Å². The molecule has 7 heteroatoms. The molecule has 116 valence electrons. The van der Waals surface area contributed by atoms with Gasteiger partial charge in [-0.15, -0.1) is 0 Å². The maximum Gasteiger partial charge on any atom is 0.407 e. The number of aromatic amines is 1. The second kappa shape index (κ2) is 6.60. The van der Waals surface area contributed by atoms with Gasteiger partial charge in [0.05, 0.1) is 13.2 Å². The number of hydrogen-bond donors (Lipinski definition) is 2. The summed E-state index contributed by atoms with van der Waals surface area (Å²) in [6, 6.07) is -0.638. The summed E-state index contributed by atoms with van der Waals surface area (Å²) < 4.78 is 4.60. The second-order valence-corrected chi connectivity index (χ2v) is 5.52. The summed E-state index contributed by atoms with van der Waals surface area (Å²) in [5, 5.41) is 2.63. The van der Waals surface area contributed by atoms with Gasteiger partial charge in [0.2, 0.25) is 5.91 Å². The van der Waals surface area contributed by atoms with Gasteiger partial charge in [-0.2, -0.15) is 0 Å². The van der Waals surface area contributed by atoms with Crippen LogP contribution in [-0.4, -0.2) is 46.6 Å². The maximum atomic E-state index is 12.8. The van der Waals surface area contributed by atoms with E-state index in [9.17, 15) is 9.59 Å². The normalized spacial score (nSPS) is 19.6. The fourth-order valence-electron chi connectivity index (χ4n) is 2.65. The highest BCUT2D eigenvalue weighted by atomic mass is 16.5. The smallest absolute Gasteiger partial charge is 0.407 e. The minimum atomic E-state index is -0.590. The van der Waals surface area contributed by atoms with Gasteiger partial charge in [-0.25, -0.2) is 9.78 Å². The number of H-pyrrole nitrogens is 1. The van der Waals surface area contributed by atoms with Gasteiger partial charge < -0.3 is 19.9 Å². The standard InChI is InChI=1S/C14H22N4O3/c1-9(2)11(17-14(20)21-3)13(19)18-8-4-5-10(18)12-15-6-7-16-12/h6-7,9-11H,4-5,8H2,1-3H3,(H,15,16)(H,17,20). The van der Waals surface area contributed by atoms with Crippen LogP contribution < -0.4 is 5.32 Å². The molecule has 1 aliphatic rings. The number of ether oxygens (including phenoxy) is 1. The number of nitrogens with zero attached hydrogens (tertiary/aromatic N) is 2. The predicted octanol–water partition coefficient (Wildman–Crippen LogP) is 1.45. The first-order chi connectivity index (χ1) is 10.0. The van der Waals surface area contributed by atoms with Crippen molar-refractivity contribution in [3.8, 4) is 0 Å². The number of aromatic nitrogens is 2. The summed E-state index contributed by atoms with van der Waals surface area (Å²) in [7, 11) is 1.29. The Balaban J connectivity index is 2.13. The zero-order valence-corrected chi connectivity index (χ0v) is 12.6. The molecule has 0 radical (unpaired) electrons. The highest BCUT2D eigenvalue weighted by molar-refractivity contribution is 5.86. The number of likely N-dealkylation sites (tertiary alicyclic amines) is 1. The van der Waals surface area contributed by atoms with Gasteiger partial charge >= 0.3 is 6.09 Å². The molecule has 0 spiro atoms. The fraction of sp³-hybridized carbons (Fsp3) is 0.643. The molecule has 1 saturated heterocycles. The molecule has 2 N–H and O–H groups in total. The summed E-state index contributed by atoms with van der Waals surface area (Å²) >= 11 is 0. The summed E-state index contributed by atoms with van der Waals surface area (Å²) in [6.45, 7) is 4.48. The van der Waals surface area contributed by atoms with Crippen LogP contribution in [0.25, 0.3) is 0 Å². The van der Waals surface area contributed by atoms with Crippen LogP contribution in [0.4, 0.5) is 4.79 Å². The van der Waals surface area contributed by atoms with Crippen molar-refractivity contribution >= 4 is 12.0 Å². The van der Waals surface area contributed by atoms with Crippen molar-refractivity contribution in [2.75, 3.05) is 13.7 Å². The quantitative estimate of drug-likeness (QED) is 0.880. The van der Waals surface area contributed by atoms with Crippen LogP contribution in [0.15, 0.2) is 12.4 Å². The largest absolute Gasteiger partial charge is 0.453 e. The van der Waals surface area contributed by atoms with E-state index < -0.39 is 12.1 Å². The lowest BCUT2D eigenvalue weighted by Crippen LogP contribution is -2.51. The highest BCUT2D eigenvalue weighted by Gasteiger charge is 2.37. The predicted molar refractivity (Wildman–Crippen MR) is 76.4 cm³/mol. The highest BCUT2D eigenvalue weighted by Crippen LogP contribution is 2.30. The number of imidazole rings is 1. The summed E-state index contributed by atoms with van der Waals surface area (Å²) in [6.07, 6.45) is 4.66. The number of rotatable bonds is 4. The van der Waals surface area contributed by atoms with Gasteiger partial charge in [-0.1, -0.05) is 13.8 Å². The van der Waals surface area contributed by atoms with E-state index in [0.717, 1.165) is 18.7 Å². The lowest BCUT2D eigenvalue weighted by molar-refractivity contribution is -0.135. The van der Waals surface area contributed by atoms with Crippen molar-refractivity contribution in [1.82, 2.24) is 20.2 Å². The first-order valence-corrected chi connectivity index (χ1v) is 7.18. The summed E-state index contributed by atoms with van der Waals surface area (Å²) in [4.78, 5) is 33.3. The molecule has 21 heavy (non-hydrogen) atoms. The first-order valence-electron chi connectivity index (χ1n) is 7.18. The Labute approximate surface area is 124 Å². The van der Waals surface area contributed by atoms with Crippen LogP contribution in [0.3, 0.4) is 0 Å². The maximum absolute atomic E-state index is 12.8. The number of carbonyl (C=O) groups is 2. The molecule has 0 bridgehead atoms. The topological polar surface area (TPSA) is 87.3 Å². The number of alkyl carbamates (subject to hydrolysis) is 1. The zero-order chi connectivity index (χ0) is 15.4. The Kier molecular flexibility index (Phi) is 4.82. The molecule has 2 unspecified atom stereocenters. The van der Waals surface area contributed by atoms with Gasteiger partial charge in [-0.3, -0.25) is 4.79 Å². The second-order valence-electron chi connectivity index (χ2n) is 5.52. The van der Waals surface area contributed by atoms with E-state index in [2.05, 4.69) is 20.0 Å². The Bertz CT molecular complexity index is 486. The number of amides is 2. The van der Waals surface area contributed by atoms with E-state index in [0.29, 0.717) is 6.54 Å². The Morgan fingerprint density at radius 2 is 2.29 bits per heavy atom. The average molecular weight is 294 g/mol. The van der Waals surface area contributed by atoms with Gasteiger partial charge in [0, 0.05) is 18.9 Å². The number of methoxy groups -OCH3 is 1. The molecule has 0 saturated carbocycles. The lowest BCUT2D eigenvalue weighted by atomic mass is 10.0. The molecule has 2 amide bonds. The molecule has 0 aromatic carbocycles. The molecular weight excluding hydrogens is 272 g/mol. The third-order valence-electron chi connectivity index (χ3n) is 3.76. The molecule has 0 aliphatic carbocycles. The van der Waals surface area contributed by atoms with Crippen molar-refractivity contribution in [2.45, 2.75) is 38.8 Å². The Morgan fingerprint density at radius 3 is 2.86 bits per heavy atom. The molecular formula is C14H22N4O3. The van der Waals surface area contributed by atoms with E-state index >= 15 is 0 Å². The monoisotopic (exact) mass is 294 g/mol. The first kappa shape index (κ1) is 15.3. The summed E-state index contributed by atoms with van der Waals surface area (Å²) in [5.74, 6) is 0.685. The number of carbonyl (C=O) groups excluding carboxylic acids is 2. The van der Waals surface area contributed by atoms with Crippen molar-refractivity contribution in [3.63, 3.8) is 0 Å². The number of nitrogens with one attached hydrogen (secondary N) is 2. The molecule has 2 heterocycles. The van der Waals surface area contributed by atoms with Crippen LogP contribution in [0.2, 0.25) is 0 Å². The van der Waals surface area contributed by atoms with Gasteiger partial charge in [0.25, 0.3) is 0 Å². The van der Waals surface area contributed by atoms with Crippen LogP contribution in [0, 0.1) is 5.92 Å².